The van der Waals surface area contributed by atoms with Gasteiger partial charge >= 0.3 is 12.0 Å². The van der Waals surface area contributed by atoms with Crippen molar-refractivity contribution >= 4 is 5.97 Å². The van der Waals surface area contributed by atoms with Crippen molar-refractivity contribution in [3.05, 3.63) is 41.2 Å². The number of nitrogens with zero attached hydrogens (tertiary/aromatic N) is 3. The topological polar surface area (TPSA) is 105 Å². The summed E-state index contributed by atoms with van der Waals surface area (Å²) >= 11 is 0. The number of rotatable bonds is 4. The number of hydrogen-bond acceptors (Lipinski definition) is 6. The lowest BCUT2D eigenvalue weighted by Gasteiger charge is -2.11. The molecular formula is C14H11N3O4. The molecule has 0 radical (unpaired) electrons. The van der Waals surface area contributed by atoms with Crippen LogP contribution in [0.5, 0.6) is 17.5 Å². The monoisotopic (exact) mass is 285 g/mol. The molecule has 1 N–H and O–H groups in total. The molecule has 2 rings (SSSR count). The lowest BCUT2D eigenvalue weighted by Crippen LogP contribution is -2.04. The van der Waals surface area contributed by atoms with Crippen LogP contribution in [0.15, 0.2) is 24.3 Å². The van der Waals surface area contributed by atoms with Gasteiger partial charge in [-0.2, -0.15) is 10.2 Å². The number of para-hydroxylation sites is 1. The number of aromatic nitrogens is 2. The number of benzene rings is 1. The van der Waals surface area contributed by atoms with Gasteiger partial charge in [0.2, 0.25) is 0 Å². The van der Waals surface area contributed by atoms with Crippen LogP contribution in [0.3, 0.4) is 0 Å². The van der Waals surface area contributed by atoms with Crippen molar-refractivity contribution in [3.8, 4) is 23.6 Å². The highest BCUT2D eigenvalue weighted by Crippen LogP contribution is 2.34. The van der Waals surface area contributed by atoms with Crippen LogP contribution < -0.4 is 9.47 Å². The second kappa shape index (κ2) is 5.88. The molecule has 1 heterocycles. The molecule has 1 aromatic heterocycles. The minimum atomic E-state index is -1.17. The minimum Gasteiger partial charge on any atom is -0.493 e. The Morgan fingerprint density at radius 1 is 1.38 bits per heavy atom. The SMILES string of the molecule is COc1cccc(C(=O)O)c1Oc1nc(C)cc(C#N)n1. The van der Waals surface area contributed by atoms with E-state index in [0.717, 1.165) is 0 Å². The van der Waals surface area contributed by atoms with Gasteiger partial charge in [-0.3, -0.25) is 0 Å². The zero-order chi connectivity index (χ0) is 15.4. The molecule has 2 aromatic rings. The van der Waals surface area contributed by atoms with Crippen molar-refractivity contribution in [2.45, 2.75) is 6.92 Å². The van der Waals surface area contributed by atoms with E-state index in [1.54, 1.807) is 13.0 Å². The normalized spacial score (nSPS) is 9.76. The van der Waals surface area contributed by atoms with E-state index >= 15 is 0 Å². The highest BCUT2D eigenvalue weighted by atomic mass is 16.5. The van der Waals surface area contributed by atoms with Crippen molar-refractivity contribution in [3.63, 3.8) is 0 Å². The lowest BCUT2D eigenvalue weighted by atomic mass is 10.2. The molecule has 0 spiro atoms. The van der Waals surface area contributed by atoms with Crippen LogP contribution in [0.1, 0.15) is 21.7 Å². The summed E-state index contributed by atoms with van der Waals surface area (Å²) in [6, 6.07) is 7.73. The molecule has 0 unspecified atom stereocenters. The Bertz CT molecular complexity index is 737. The van der Waals surface area contributed by atoms with Gasteiger partial charge < -0.3 is 14.6 Å². The van der Waals surface area contributed by atoms with Crippen LogP contribution in [0.4, 0.5) is 0 Å². The summed E-state index contributed by atoms with van der Waals surface area (Å²) in [4.78, 5) is 19.1. The first-order chi connectivity index (χ1) is 10.0. The Labute approximate surface area is 120 Å². The molecule has 1 aromatic carbocycles. The van der Waals surface area contributed by atoms with E-state index in [-0.39, 0.29) is 28.8 Å². The van der Waals surface area contributed by atoms with E-state index in [2.05, 4.69) is 9.97 Å². The summed E-state index contributed by atoms with van der Waals surface area (Å²) in [6.07, 6.45) is 0. The Hall–Kier alpha value is -3.14. The molecule has 0 aliphatic carbocycles. The predicted molar refractivity (Wildman–Crippen MR) is 71.5 cm³/mol. The van der Waals surface area contributed by atoms with E-state index in [1.807, 2.05) is 6.07 Å². The van der Waals surface area contributed by atoms with Crippen LogP contribution in [0.25, 0.3) is 0 Å². The van der Waals surface area contributed by atoms with Gasteiger partial charge in [-0.1, -0.05) is 6.07 Å². The zero-order valence-electron chi connectivity index (χ0n) is 11.3. The number of hydrogen-bond donors (Lipinski definition) is 1. The molecule has 0 saturated carbocycles. The number of carbonyl (C=O) groups is 1. The third-order valence-corrected chi connectivity index (χ3v) is 2.57. The number of carboxylic acid groups (broad SMARTS) is 1. The average Bonchev–Trinajstić information content (AvgIpc) is 2.46. The molecular weight excluding hydrogens is 274 g/mol. The second-order valence-corrected chi connectivity index (χ2v) is 4.03. The Balaban J connectivity index is 2.51. The smallest absolute Gasteiger partial charge is 0.339 e. The van der Waals surface area contributed by atoms with Gasteiger partial charge in [0.05, 0.1) is 7.11 Å². The largest absolute Gasteiger partial charge is 0.493 e. The molecule has 0 saturated heterocycles. The molecule has 106 valence electrons. The molecule has 0 bridgehead atoms. The number of aryl methyl sites for hydroxylation is 1. The van der Waals surface area contributed by atoms with E-state index in [1.165, 1.54) is 25.3 Å². The van der Waals surface area contributed by atoms with Crippen LogP contribution in [-0.2, 0) is 0 Å². The van der Waals surface area contributed by atoms with Gasteiger partial charge in [-0.15, -0.1) is 0 Å². The standard InChI is InChI=1S/C14H11N3O4/c1-8-6-9(7-15)17-14(16-8)21-12-10(13(18)19)4-3-5-11(12)20-2/h3-6H,1-2H3,(H,18,19). The summed E-state index contributed by atoms with van der Waals surface area (Å²) in [5.41, 5.74) is 0.575. The number of methoxy groups -OCH3 is 1. The van der Waals surface area contributed by atoms with Crippen molar-refractivity contribution in [2.75, 3.05) is 7.11 Å². The van der Waals surface area contributed by atoms with Gasteiger partial charge in [0.1, 0.15) is 17.3 Å². The van der Waals surface area contributed by atoms with Crippen molar-refractivity contribution < 1.29 is 19.4 Å². The van der Waals surface area contributed by atoms with E-state index < -0.39 is 5.97 Å². The van der Waals surface area contributed by atoms with Crippen LogP contribution >= 0.6 is 0 Å². The summed E-state index contributed by atoms with van der Waals surface area (Å²) in [5.74, 6) is -0.947. The molecule has 0 fully saturated rings. The molecule has 0 aliphatic heterocycles. The van der Waals surface area contributed by atoms with Crippen molar-refractivity contribution in [2.24, 2.45) is 0 Å². The van der Waals surface area contributed by atoms with Gasteiger partial charge in [-0.25, -0.2) is 9.78 Å². The Morgan fingerprint density at radius 2 is 2.14 bits per heavy atom. The second-order valence-electron chi connectivity index (χ2n) is 4.03. The number of ether oxygens (including phenoxy) is 2. The number of carboxylic acids is 1. The highest BCUT2D eigenvalue weighted by Gasteiger charge is 2.18. The maximum atomic E-state index is 11.2. The fourth-order valence-electron chi connectivity index (χ4n) is 1.69. The third-order valence-electron chi connectivity index (χ3n) is 2.57. The zero-order valence-corrected chi connectivity index (χ0v) is 11.3. The van der Waals surface area contributed by atoms with Crippen LogP contribution in [0.2, 0.25) is 0 Å². The van der Waals surface area contributed by atoms with Gasteiger partial charge in [-0.05, 0) is 25.1 Å². The minimum absolute atomic E-state index is 0.0120. The van der Waals surface area contributed by atoms with E-state index in [4.69, 9.17) is 14.7 Å². The molecule has 0 aliphatic rings. The summed E-state index contributed by atoms with van der Waals surface area (Å²) in [7, 11) is 1.39. The first kappa shape index (κ1) is 14.3. The third kappa shape index (κ3) is 3.06. The summed E-state index contributed by atoms with van der Waals surface area (Å²) in [6.45, 7) is 1.68. The van der Waals surface area contributed by atoms with Crippen LogP contribution in [-0.4, -0.2) is 28.2 Å². The highest BCUT2D eigenvalue weighted by molar-refractivity contribution is 5.92. The number of aromatic carboxylic acids is 1. The quantitative estimate of drug-likeness (QED) is 0.917. The van der Waals surface area contributed by atoms with Gasteiger partial charge in [0, 0.05) is 5.69 Å². The fraction of sp³-hybridized carbons (Fsp3) is 0.143. The fourth-order valence-corrected chi connectivity index (χ4v) is 1.69. The maximum Gasteiger partial charge on any atom is 0.339 e. The first-order valence-corrected chi connectivity index (χ1v) is 5.89. The molecule has 7 nitrogen and oxygen atoms in total. The molecule has 0 atom stereocenters. The van der Waals surface area contributed by atoms with Crippen molar-refractivity contribution in [1.29, 1.82) is 5.26 Å². The van der Waals surface area contributed by atoms with Crippen LogP contribution in [0, 0.1) is 18.3 Å². The summed E-state index contributed by atoms with van der Waals surface area (Å²) in [5, 5.41) is 18.1. The van der Waals surface area contributed by atoms with Crippen molar-refractivity contribution in [1.82, 2.24) is 9.97 Å². The molecule has 7 heteroatoms. The molecule has 21 heavy (non-hydrogen) atoms. The number of nitriles is 1. The lowest BCUT2D eigenvalue weighted by molar-refractivity contribution is 0.0693. The first-order valence-electron chi connectivity index (χ1n) is 5.89. The van der Waals surface area contributed by atoms with Gasteiger partial charge in [0.25, 0.3) is 0 Å². The predicted octanol–water partition coefficient (Wildman–Crippen LogP) is 2.16. The maximum absolute atomic E-state index is 11.2. The average molecular weight is 285 g/mol. The van der Waals surface area contributed by atoms with E-state index in [9.17, 15) is 9.90 Å². The Kier molecular flexibility index (Phi) is 4.00. The van der Waals surface area contributed by atoms with Gasteiger partial charge in [0.15, 0.2) is 11.5 Å². The Morgan fingerprint density at radius 3 is 2.76 bits per heavy atom. The summed E-state index contributed by atoms with van der Waals surface area (Å²) < 4.78 is 10.5. The molecule has 0 amide bonds. The van der Waals surface area contributed by atoms with E-state index in [0.29, 0.717) is 5.69 Å².